The number of benzene rings is 1. The fraction of sp³-hybridized carbons (Fsp3) is 0.353. The molecule has 0 bridgehead atoms. The van der Waals surface area contributed by atoms with Gasteiger partial charge >= 0.3 is 0 Å². The molecule has 1 aromatic carbocycles. The van der Waals surface area contributed by atoms with Crippen LogP contribution in [0.4, 0.5) is 5.69 Å². The number of para-hydroxylation sites is 1. The first-order valence-electron chi connectivity index (χ1n) is 7.34. The summed E-state index contributed by atoms with van der Waals surface area (Å²) in [5.74, 6) is 0.191. The third-order valence-corrected chi connectivity index (χ3v) is 5.54. The monoisotopic (exact) mass is 283 g/mol. The number of amides is 1. The lowest BCUT2D eigenvalue weighted by molar-refractivity contribution is 0.0989. The highest BCUT2D eigenvalue weighted by atomic mass is 32.1. The number of carbonyl (C=O) groups is 1. The highest BCUT2D eigenvalue weighted by molar-refractivity contribution is 7.14. The normalized spacial score (nSPS) is 16.9. The van der Waals surface area contributed by atoms with Crippen molar-refractivity contribution >= 4 is 22.9 Å². The number of thiophene rings is 1. The summed E-state index contributed by atoms with van der Waals surface area (Å²) >= 11 is 1.71. The summed E-state index contributed by atoms with van der Waals surface area (Å²) in [7, 11) is 0. The largest absolute Gasteiger partial charge is 0.307 e. The molecule has 102 valence electrons. The van der Waals surface area contributed by atoms with Gasteiger partial charge in [-0.05, 0) is 55.4 Å². The van der Waals surface area contributed by atoms with Gasteiger partial charge in [-0.25, -0.2) is 0 Å². The molecule has 0 saturated heterocycles. The van der Waals surface area contributed by atoms with E-state index in [1.165, 1.54) is 22.4 Å². The third kappa shape index (κ3) is 1.88. The Morgan fingerprint density at radius 2 is 1.90 bits per heavy atom. The summed E-state index contributed by atoms with van der Waals surface area (Å²) in [6.45, 7) is 0.846. The third-order valence-electron chi connectivity index (χ3n) is 4.31. The zero-order valence-electron chi connectivity index (χ0n) is 11.4. The van der Waals surface area contributed by atoms with E-state index in [1.807, 2.05) is 11.0 Å². The minimum absolute atomic E-state index is 0.191. The molecule has 0 unspecified atom stereocenters. The van der Waals surface area contributed by atoms with Gasteiger partial charge in [0, 0.05) is 17.1 Å². The fourth-order valence-corrected chi connectivity index (χ4v) is 4.51. The van der Waals surface area contributed by atoms with Crippen LogP contribution >= 0.6 is 11.3 Å². The molecule has 2 nitrogen and oxygen atoms in total. The standard InChI is InChI=1S/C17H17NOS/c19-17(16-11-13-6-3-9-15(13)20-16)18-10-4-7-12-5-1-2-8-14(12)18/h1-2,5,8,11H,3-4,6-7,9-10H2. The van der Waals surface area contributed by atoms with E-state index in [9.17, 15) is 4.79 Å². The van der Waals surface area contributed by atoms with Crippen LogP contribution in [-0.2, 0) is 19.3 Å². The van der Waals surface area contributed by atoms with E-state index in [1.54, 1.807) is 11.3 Å². The van der Waals surface area contributed by atoms with Crippen LogP contribution in [0.1, 0.15) is 38.5 Å². The van der Waals surface area contributed by atoms with Crippen LogP contribution < -0.4 is 4.90 Å². The van der Waals surface area contributed by atoms with Gasteiger partial charge in [-0.3, -0.25) is 4.79 Å². The zero-order chi connectivity index (χ0) is 13.5. The summed E-state index contributed by atoms with van der Waals surface area (Å²) in [5, 5.41) is 0. The molecular weight excluding hydrogens is 266 g/mol. The molecule has 4 rings (SSSR count). The van der Waals surface area contributed by atoms with E-state index in [0.29, 0.717) is 0 Å². The van der Waals surface area contributed by atoms with E-state index in [4.69, 9.17) is 0 Å². The number of hydrogen-bond acceptors (Lipinski definition) is 2. The van der Waals surface area contributed by atoms with E-state index >= 15 is 0 Å². The van der Waals surface area contributed by atoms with Gasteiger partial charge in [0.25, 0.3) is 5.91 Å². The maximum atomic E-state index is 12.8. The Bertz CT molecular complexity index is 652. The summed E-state index contributed by atoms with van der Waals surface area (Å²) in [4.78, 5) is 17.1. The van der Waals surface area contributed by atoms with Crippen molar-refractivity contribution in [3.63, 3.8) is 0 Å². The topological polar surface area (TPSA) is 20.3 Å². The first kappa shape index (κ1) is 12.2. The van der Waals surface area contributed by atoms with Gasteiger partial charge in [0.05, 0.1) is 4.88 Å². The van der Waals surface area contributed by atoms with Gasteiger partial charge in [-0.2, -0.15) is 0 Å². The second kappa shape index (κ2) is 4.74. The van der Waals surface area contributed by atoms with Gasteiger partial charge < -0.3 is 4.90 Å². The van der Waals surface area contributed by atoms with Gasteiger partial charge in [-0.1, -0.05) is 18.2 Å². The highest BCUT2D eigenvalue weighted by Crippen LogP contribution is 2.34. The molecule has 0 atom stereocenters. The average Bonchev–Trinajstić information content (AvgIpc) is 3.07. The Labute approximate surface area is 123 Å². The zero-order valence-corrected chi connectivity index (χ0v) is 12.2. The molecule has 0 N–H and O–H groups in total. The number of anilines is 1. The van der Waals surface area contributed by atoms with Crippen molar-refractivity contribution in [1.82, 2.24) is 0 Å². The molecule has 0 spiro atoms. The van der Waals surface area contributed by atoms with Crippen LogP contribution in [0.5, 0.6) is 0 Å². The predicted molar refractivity (Wildman–Crippen MR) is 82.8 cm³/mol. The number of nitrogens with zero attached hydrogens (tertiary/aromatic N) is 1. The van der Waals surface area contributed by atoms with Crippen molar-refractivity contribution in [1.29, 1.82) is 0 Å². The Hall–Kier alpha value is -1.61. The van der Waals surface area contributed by atoms with Crippen LogP contribution in [0.2, 0.25) is 0 Å². The Morgan fingerprint density at radius 3 is 2.80 bits per heavy atom. The van der Waals surface area contributed by atoms with E-state index < -0.39 is 0 Å². The van der Waals surface area contributed by atoms with Crippen molar-refractivity contribution in [3.8, 4) is 0 Å². The molecule has 3 heteroatoms. The second-order valence-electron chi connectivity index (χ2n) is 5.60. The maximum absolute atomic E-state index is 12.8. The summed E-state index contributed by atoms with van der Waals surface area (Å²) in [6.07, 6.45) is 5.70. The van der Waals surface area contributed by atoms with Gasteiger partial charge in [0.15, 0.2) is 0 Å². The summed E-state index contributed by atoms with van der Waals surface area (Å²) in [5.41, 5.74) is 3.82. The fourth-order valence-electron chi connectivity index (χ4n) is 3.31. The number of carbonyl (C=O) groups excluding carboxylic acids is 1. The molecule has 2 aromatic rings. The van der Waals surface area contributed by atoms with Crippen molar-refractivity contribution in [3.05, 3.63) is 51.2 Å². The molecule has 1 aliphatic heterocycles. The lowest BCUT2D eigenvalue weighted by Gasteiger charge is -2.29. The lowest BCUT2D eigenvalue weighted by atomic mass is 10.0. The summed E-state index contributed by atoms with van der Waals surface area (Å²) < 4.78 is 0. The number of hydrogen-bond donors (Lipinski definition) is 0. The van der Waals surface area contributed by atoms with Crippen molar-refractivity contribution in [2.45, 2.75) is 32.1 Å². The van der Waals surface area contributed by atoms with Crippen LogP contribution in [-0.4, -0.2) is 12.5 Å². The smallest absolute Gasteiger partial charge is 0.268 e. The van der Waals surface area contributed by atoms with E-state index in [0.717, 1.165) is 42.8 Å². The molecule has 0 fully saturated rings. The first-order chi connectivity index (χ1) is 9.83. The van der Waals surface area contributed by atoms with E-state index in [2.05, 4.69) is 24.3 Å². The van der Waals surface area contributed by atoms with E-state index in [-0.39, 0.29) is 5.91 Å². The van der Waals surface area contributed by atoms with Crippen molar-refractivity contribution < 1.29 is 4.79 Å². The molecule has 0 radical (unpaired) electrons. The first-order valence-corrected chi connectivity index (χ1v) is 8.16. The predicted octanol–water partition coefficient (Wildman–Crippen LogP) is 3.83. The highest BCUT2D eigenvalue weighted by Gasteiger charge is 2.26. The molecule has 20 heavy (non-hydrogen) atoms. The average molecular weight is 283 g/mol. The van der Waals surface area contributed by atoms with Crippen molar-refractivity contribution in [2.24, 2.45) is 0 Å². The minimum atomic E-state index is 0.191. The van der Waals surface area contributed by atoms with Crippen LogP contribution in [0, 0.1) is 0 Å². The quantitative estimate of drug-likeness (QED) is 0.779. The maximum Gasteiger partial charge on any atom is 0.268 e. The lowest BCUT2D eigenvalue weighted by Crippen LogP contribution is -2.35. The number of fused-ring (bicyclic) bond motifs is 2. The molecule has 2 aliphatic rings. The van der Waals surface area contributed by atoms with Crippen molar-refractivity contribution in [2.75, 3.05) is 11.4 Å². The van der Waals surface area contributed by atoms with Crippen LogP contribution in [0.3, 0.4) is 0 Å². The molecular formula is C17H17NOS. The van der Waals surface area contributed by atoms with Gasteiger partial charge in [-0.15, -0.1) is 11.3 Å². The number of aryl methyl sites for hydroxylation is 3. The van der Waals surface area contributed by atoms with Crippen LogP contribution in [0.15, 0.2) is 30.3 Å². The molecule has 1 amide bonds. The number of rotatable bonds is 1. The second-order valence-corrected chi connectivity index (χ2v) is 6.74. The molecule has 1 aromatic heterocycles. The Morgan fingerprint density at radius 1 is 1.05 bits per heavy atom. The van der Waals surface area contributed by atoms with Gasteiger partial charge in [0.1, 0.15) is 0 Å². The van der Waals surface area contributed by atoms with Gasteiger partial charge in [0.2, 0.25) is 0 Å². The SMILES string of the molecule is O=C(c1cc2c(s1)CCC2)N1CCCc2ccccc21. The Kier molecular flexibility index (Phi) is 2.88. The summed E-state index contributed by atoms with van der Waals surface area (Å²) in [6, 6.07) is 10.4. The molecule has 2 heterocycles. The molecule has 1 aliphatic carbocycles. The Balaban J connectivity index is 1.69. The van der Waals surface area contributed by atoms with Crippen LogP contribution in [0.25, 0.3) is 0 Å². The molecule has 0 saturated carbocycles. The minimum Gasteiger partial charge on any atom is -0.307 e.